The van der Waals surface area contributed by atoms with Crippen molar-refractivity contribution >= 4 is 11.8 Å². The summed E-state index contributed by atoms with van der Waals surface area (Å²) in [4.78, 5) is 1.42. The molecule has 0 bridgehead atoms. The largest absolute Gasteiger partial charge is 0.313 e. The third kappa shape index (κ3) is 2.21. The maximum absolute atomic E-state index is 3.48. The molecule has 0 saturated heterocycles. The van der Waals surface area contributed by atoms with Crippen LogP contribution >= 0.6 is 11.8 Å². The Bertz CT molecular complexity index is 320. The van der Waals surface area contributed by atoms with E-state index in [-0.39, 0.29) is 0 Å². The Labute approximate surface area is 96.7 Å². The lowest BCUT2D eigenvalue weighted by molar-refractivity contribution is 0.237. The van der Waals surface area contributed by atoms with E-state index >= 15 is 0 Å². The Hall–Kier alpha value is -0.470. The molecule has 1 aromatic carbocycles. The fourth-order valence-corrected chi connectivity index (χ4v) is 2.99. The second-order valence-electron chi connectivity index (χ2n) is 4.20. The van der Waals surface area contributed by atoms with Crippen molar-refractivity contribution in [1.82, 2.24) is 5.32 Å². The van der Waals surface area contributed by atoms with Crippen LogP contribution in [-0.2, 0) is 0 Å². The van der Waals surface area contributed by atoms with Crippen molar-refractivity contribution in [2.24, 2.45) is 5.92 Å². The van der Waals surface area contributed by atoms with Crippen LogP contribution in [0.25, 0.3) is 0 Å². The summed E-state index contributed by atoms with van der Waals surface area (Å²) in [6, 6.07) is 9.33. The van der Waals surface area contributed by atoms with Crippen molar-refractivity contribution in [2.45, 2.75) is 30.2 Å². The van der Waals surface area contributed by atoms with Gasteiger partial charge in [0.15, 0.2) is 0 Å². The van der Waals surface area contributed by atoms with Crippen LogP contribution in [0, 0.1) is 5.92 Å². The van der Waals surface area contributed by atoms with Crippen LogP contribution in [0.1, 0.15) is 30.9 Å². The molecular weight excluding hydrogens is 202 g/mol. The van der Waals surface area contributed by atoms with Gasteiger partial charge < -0.3 is 5.32 Å². The van der Waals surface area contributed by atoms with Crippen molar-refractivity contribution in [3.8, 4) is 0 Å². The average Bonchev–Trinajstić information content (AvgIpc) is 2.23. The zero-order valence-electron chi connectivity index (χ0n) is 9.49. The zero-order chi connectivity index (χ0) is 10.7. The molecule has 1 aliphatic carbocycles. The van der Waals surface area contributed by atoms with Crippen LogP contribution < -0.4 is 5.32 Å². The number of rotatable bonds is 4. The summed E-state index contributed by atoms with van der Waals surface area (Å²) in [5, 5.41) is 3.48. The molecule has 1 atom stereocenters. The molecule has 2 rings (SSSR count). The van der Waals surface area contributed by atoms with Gasteiger partial charge in [0, 0.05) is 10.9 Å². The number of hydrogen-bond donors (Lipinski definition) is 1. The molecule has 1 N–H and O–H groups in total. The Morgan fingerprint density at radius 3 is 2.60 bits per heavy atom. The van der Waals surface area contributed by atoms with E-state index in [9.17, 15) is 0 Å². The second kappa shape index (κ2) is 5.04. The molecule has 2 heteroatoms. The van der Waals surface area contributed by atoms with Crippen molar-refractivity contribution in [2.75, 3.05) is 13.3 Å². The summed E-state index contributed by atoms with van der Waals surface area (Å²) in [6.07, 6.45) is 6.33. The minimum atomic E-state index is 0.558. The highest BCUT2D eigenvalue weighted by atomic mass is 32.2. The monoisotopic (exact) mass is 221 g/mol. The third-order valence-electron chi connectivity index (χ3n) is 3.41. The van der Waals surface area contributed by atoms with E-state index in [1.165, 1.54) is 29.7 Å². The second-order valence-corrected chi connectivity index (χ2v) is 5.05. The standard InChI is InChI=1S/C13H19NS/c1-14-13(10-6-5-7-10)11-8-3-4-9-12(11)15-2/h3-4,8-10,13-14H,5-7H2,1-2H3. The van der Waals surface area contributed by atoms with Gasteiger partial charge in [0.1, 0.15) is 0 Å². The van der Waals surface area contributed by atoms with Crippen LogP contribution in [0.4, 0.5) is 0 Å². The first-order valence-corrected chi connectivity index (χ1v) is 6.89. The molecular formula is C13H19NS. The number of thioether (sulfide) groups is 1. The highest BCUT2D eigenvalue weighted by Gasteiger charge is 2.28. The minimum absolute atomic E-state index is 0.558. The zero-order valence-corrected chi connectivity index (χ0v) is 10.3. The first-order valence-electron chi connectivity index (χ1n) is 5.67. The predicted octanol–water partition coefficient (Wildman–Crippen LogP) is 3.47. The fraction of sp³-hybridized carbons (Fsp3) is 0.538. The van der Waals surface area contributed by atoms with E-state index in [1.54, 1.807) is 0 Å². The van der Waals surface area contributed by atoms with E-state index in [0.29, 0.717) is 6.04 Å². The van der Waals surface area contributed by atoms with Crippen LogP contribution in [0.2, 0.25) is 0 Å². The summed E-state index contributed by atoms with van der Waals surface area (Å²) in [5.41, 5.74) is 1.48. The van der Waals surface area contributed by atoms with Crippen LogP contribution in [0.3, 0.4) is 0 Å². The molecule has 1 nitrogen and oxygen atoms in total. The SMILES string of the molecule is CNC(c1ccccc1SC)C1CCC1. The van der Waals surface area contributed by atoms with E-state index in [0.717, 1.165) is 5.92 Å². The lowest BCUT2D eigenvalue weighted by Gasteiger charge is -2.34. The highest BCUT2D eigenvalue weighted by molar-refractivity contribution is 7.98. The average molecular weight is 221 g/mol. The van der Waals surface area contributed by atoms with Gasteiger partial charge in [0.25, 0.3) is 0 Å². The molecule has 1 saturated carbocycles. The van der Waals surface area contributed by atoms with Crippen molar-refractivity contribution in [3.63, 3.8) is 0 Å². The third-order valence-corrected chi connectivity index (χ3v) is 4.22. The predicted molar refractivity (Wildman–Crippen MR) is 67.4 cm³/mol. The maximum atomic E-state index is 3.48. The molecule has 0 heterocycles. The normalized spacial score (nSPS) is 18.5. The summed E-state index contributed by atoms with van der Waals surface area (Å²) in [7, 11) is 2.08. The van der Waals surface area contributed by atoms with E-state index < -0.39 is 0 Å². The van der Waals surface area contributed by atoms with Gasteiger partial charge in [-0.05, 0) is 43.7 Å². The molecule has 82 valence electrons. The van der Waals surface area contributed by atoms with Gasteiger partial charge in [0.2, 0.25) is 0 Å². The Morgan fingerprint density at radius 1 is 1.33 bits per heavy atom. The van der Waals surface area contributed by atoms with E-state index in [4.69, 9.17) is 0 Å². The first kappa shape index (κ1) is 11.0. The minimum Gasteiger partial charge on any atom is -0.313 e. The van der Waals surface area contributed by atoms with Crippen LogP contribution in [0.15, 0.2) is 29.2 Å². The van der Waals surface area contributed by atoms with Gasteiger partial charge >= 0.3 is 0 Å². The van der Waals surface area contributed by atoms with Crippen molar-refractivity contribution in [3.05, 3.63) is 29.8 Å². The van der Waals surface area contributed by atoms with Crippen LogP contribution in [-0.4, -0.2) is 13.3 Å². The van der Waals surface area contributed by atoms with Crippen molar-refractivity contribution in [1.29, 1.82) is 0 Å². The van der Waals surface area contributed by atoms with Crippen LogP contribution in [0.5, 0.6) is 0 Å². The molecule has 0 radical (unpaired) electrons. The topological polar surface area (TPSA) is 12.0 Å². The van der Waals surface area contributed by atoms with Crippen molar-refractivity contribution < 1.29 is 0 Å². The highest BCUT2D eigenvalue weighted by Crippen LogP contribution is 2.40. The Balaban J connectivity index is 2.24. The number of hydrogen-bond acceptors (Lipinski definition) is 2. The first-order chi connectivity index (χ1) is 7.36. The van der Waals surface area contributed by atoms with Gasteiger partial charge in [-0.3, -0.25) is 0 Å². The van der Waals surface area contributed by atoms with Gasteiger partial charge in [-0.2, -0.15) is 0 Å². The smallest absolute Gasteiger partial charge is 0.0357 e. The lowest BCUT2D eigenvalue weighted by atomic mass is 9.77. The molecule has 1 aliphatic rings. The summed E-state index contributed by atoms with van der Waals surface area (Å²) >= 11 is 1.85. The van der Waals surface area contributed by atoms with E-state index in [2.05, 4.69) is 42.9 Å². The summed E-state index contributed by atoms with van der Waals surface area (Å²) in [6.45, 7) is 0. The van der Waals surface area contributed by atoms with Gasteiger partial charge in [-0.1, -0.05) is 24.6 Å². The van der Waals surface area contributed by atoms with Gasteiger partial charge in [-0.15, -0.1) is 11.8 Å². The molecule has 0 spiro atoms. The summed E-state index contributed by atoms with van der Waals surface area (Å²) in [5.74, 6) is 0.850. The molecule has 0 aromatic heterocycles. The molecule has 15 heavy (non-hydrogen) atoms. The molecule has 1 unspecified atom stereocenters. The molecule has 1 aromatic rings. The number of benzene rings is 1. The lowest BCUT2D eigenvalue weighted by Crippen LogP contribution is -2.30. The summed E-state index contributed by atoms with van der Waals surface area (Å²) < 4.78 is 0. The van der Waals surface area contributed by atoms with E-state index in [1.807, 2.05) is 11.8 Å². The molecule has 0 amide bonds. The maximum Gasteiger partial charge on any atom is 0.0357 e. The quantitative estimate of drug-likeness (QED) is 0.781. The molecule has 0 aliphatic heterocycles. The molecule has 1 fully saturated rings. The number of nitrogens with one attached hydrogen (secondary N) is 1. The van der Waals surface area contributed by atoms with Gasteiger partial charge in [0.05, 0.1) is 0 Å². The Kier molecular flexibility index (Phi) is 3.71. The fourth-order valence-electron chi connectivity index (χ4n) is 2.34. The Morgan fingerprint density at radius 2 is 2.07 bits per heavy atom. The van der Waals surface area contributed by atoms with Gasteiger partial charge in [-0.25, -0.2) is 0 Å².